The Morgan fingerprint density at radius 2 is 1.89 bits per heavy atom. The monoisotopic (exact) mass is 145 g/mol. The fourth-order valence-electron chi connectivity index (χ4n) is 1.50. The fraction of sp³-hybridized carbons (Fsp3) is 1.00. The van der Waals surface area contributed by atoms with E-state index in [1.54, 1.807) is 0 Å². The summed E-state index contributed by atoms with van der Waals surface area (Å²) in [5, 5.41) is 0. The molecule has 0 atom stereocenters. The Kier molecular flexibility index (Phi) is 2.27. The van der Waals surface area contributed by atoms with Gasteiger partial charge in [0.25, 0.3) is 8.48 Å². The summed E-state index contributed by atoms with van der Waals surface area (Å²) in [6.45, 7) is 0. The van der Waals surface area contributed by atoms with E-state index in [1.807, 2.05) is 14.2 Å². The second-order valence-electron chi connectivity index (χ2n) is 2.66. The van der Waals surface area contributed by atoms with Crippen molar-refractivity contribution in [3.8, 4) is 0 Å². The minimum Gasteiger partial charge on any atom is -0.406 e. The second-order valence-corrected chi connectivity index (χ2v) is 6.55. The summed E-state index contributed by atoms with van der Waals surface area (Å²) >= 11 is 0. The van der Waals surface area contributed by atoms with Gasteiger partial charge in [-0.05, 0) is 19.1 Å². The number of hydrogen-bond acceptors (Lipinski definition) is 2. The van der Waals surface area contributed by atoms with Crippen LogP contribution in [0.2, 0.25) is 12.1 Å². The lowest BCUT2D eigenvalue weighted by atomic mass is 10.4. The molecule has 9 heavy (non-hydrogen) atoms. The van der Waals surface area contributed by atoms with E-state index in [0.29, 0.717) is 0 Å². The molecule has 0 saturated carbocycles. The van der Waals surface area contributed by atoms with E-state index in [0.717, 1.165) is 0 Å². The molecule has 54 valence electrons. The van der Waals surface area contributed by atoms with Gasteiger partial charge in [0.1, 0.15) is 0 Å². The summed E-state index contributed by atoms with van der Waals surface area (Å²) in [6.07, 6.45) is 2.72. The first-order valence-electron chi connectivity index (χ1n) is 3.57. The largest absolute Gasteiger partial charge is 0.406 e. The normalized spacial score (nSPS) is 24.7. The van der Waals surface area contributed by atoms with Crippen LogP contribution in [0.4, 0.5) is 0 Å². The average Bonchev–Trinajstić information content (AvgIpc) is 2.36. The summed E-state index contributed by atoms with van der Waals surface area (Å²) in [5.41, 5.74) is 0. The topological polar surface area (TPSA) is 21.3 Å². The van der Waals surface area contributed by atoms with Crippen LogP contribution in [0.25, 0.3) is 0 Å². The van der Waals surface area contributed by atoms with Crippen LogP contribution in [-0.2, 0) is 4.43 Å². The molecule has 0 radical (unpaired) electrons. The highest BCUT2D eigenvalue weighted by Gasteiger charge is 2.35. The third-order valence-electron chi connectivity index (χ3n) is 2.26. The number of hydrogen-bond donors (Lipinski definition) is 1. The molecule has 0 spiro atoms. The van der Waals surface area contributed by atoms with E-state index >= 15 is 0 Å². The molecule has 1 heterocycles. The van der Waals surface area contributed by atoms with Crippen LogP contribution >= 0.6 is 0 Å². The van der Waals surface area contributed by atoms with Crippen molar-refractivity contribution in [2.24, 2.45) is 0 Å². The summed E-state index contributed by atoms with van der Waals surface area (Å²) < 4.78 is 5.48. The van der Waals surface area contributed by atoms with Crippen LogP contribution in [-0.4, -0.2) is 22.6 Å². The van der Waals surface area contributed by atoms with Crippen molar-refractivity contribution in [1.82, 2.24) is 4.98 Å². The van der Waals surface area contributed by atoms with E-state index in [4.69, 9.17) is 4.43 Å². The predicted molar refractivity (Wildman–Crippen MR) is 40.7 cm³/mol. The van der Waals surface area contributed by atoms with Crippen LogP contribution in [0.3, 0.4) is 0 Å². The summed E-state index contributed by atoms with van der Waals surface area (Å²) in [4.78, 5) is 3.34. The minimum absolute atomic E-state index is 1.31. The third-order valence-corrected chi connectivity index (χ3v) is 6.27. The van der Waals surface area contributed by atoms with Gasteiger partial charge in [0.05, 0.1) is 0 Å². The highest BCUT2D eigenvalue weighted by Crippen LogP contribution is 2.27. The molecule has 3 heteroatoms. The van der Waals surface area contributed by atoms with Crippen LogP contribution in [0.15, 0.2) is 0 Å². The van der Waals surface area contributed by atoms with Gasteiger partial charge < -0.3 is 9.41 Å². The fourth-order valence-corrected chi connectivity index (χ4v) is 4.51. The molecular weight excluding hydrogens is 130 g/mol. The maximum atomic E-state index is 5.48. The maximum Gasteiger partial charge on any atom is 0.268 e. The van der Waals surface area contributed by atoms with Crippen LogP contribution < -0.4 is 4.98 Å². The molecule has 1 N–H and O–H groups in total. The Morgan fingerprint density at radius 3 is 2.11 bits per heavy atom. The van der Waals surface area contributed by atoms with Gasteiger partial charge in [-0.2, -0.15) is 0 Å². The lowest BCUT2D eigenvalue weighted by Gasteiger charge is -2.22. The average molecular weight is 145 g/mol. The molecular formula is C6H15NOSi. The predicted octanol–water partition coefficient (Wildman–Crippen LogP) is 1.09. The summed E-state index contributed by atoms with van der Waals surface area (Å²) in [6, 6.07) is 2.61. The molecule has 0 bridgehead atoms. The van der Waals surface area contributed by atoms with Crippen molar-refractivity contribution < 1.29 is 4.43 Å². The van der Waals surface area contributed by atoms with Gasteiger partial charge in [0.15, 0.2) is 0 Å². The summed E-state index contributed by atoms with van der Waals surface area (Å²) in [5.74, 6) is 0. The number of rotatable bonds is 2. The Balaban J connectivity index is 2.45. The first kappa shape index (κ1) is 7.25. The Hall–Kier alpha value is 0.137. The Labute approximate surface area is 57.8 Å². The minimum atomic E-state index is -1.33. The molecule has 0 aromatic rings. The van der Waals surface area contributed by atoms with Gasteiger partial charge in [-0.1, -0.05) is 12.8 Å². The van der Waals surface area contributed by atoms with Crippen molar-refractivity contribution in [2.75, 3.05) is 14.2 Å². The lowest BCUT2D eigenvalue weighted by molar-refractivity contribution is 0.387. The quantitative estimate of drug-likeness (QED) is 0.587. The molecule has 1 aliphatic rings. The van der Waals surface area contributed by atoms with E-state index in [-0.39, 0.29) is 0 Å². The zero-order chi connectivity index (χ0) is 6.74. The van der Waals surface area contributed by atoms with Gasteiger partial charge in [-0.3, -0.25) is 0 Å². The van der Waals surface area contributed by atoms with Gasteiger partial charge in [0, 0.05) is 7.11 Å². The first-order valence-corrected chi connectivity index (χ1v) is 5.89. The van der Waals surface area contributed by atoms with E-state index < -0.39 is 8.48 Å². The molecule has 1 saturated heterocycles. The summed E-state index contributed by atoms with van der Waals surface area (Å²) in [7, 11) is 2.54. The number of nitrogens with one attached hydrogen (secondary N) is 1. The smallest absolute Gasteiger partial charge is 0.268 e. The molecule has 0 unspecified atom stereocenters. The van der Waals surface area contributed by atoms with Gasteiger partial charge in [0.2, 0.25) is 0 Å². The molecule has 0 aromatic heterocycles. The zero-order valence-corrected chi connectivity index (χ0v) is 7.24. The van der Waals surface area contributed by atoms with Crippen LogP contribution in [0.1, 0.15) is 12.8 Å². The molecule has 0 amide bonds. The molecule has 1 fully saturated rings. The highest BCUT2D eigenvalue weighted by molar-refractivity contribution is 6.71. The van der Waals surface area contributed by atoms with Gasteiger partial charge in [-0.15, -0.1) is 0 Å². The molecule has 2 nitrogen and oxygen atoms in total. The Bertz CT molecular complexity index is 85.1. The van der Waals surface area contributed by atoms with Crippen molar-refractivity contribution in [2.45, 2.75) is 24.9 Å². The molecule has 1 rings (SSSR count). The van der Waals surface area contributed by atoms with Crippen LogP contribution in [0.5, 0.6) is 0 Å². The van der Waals surface area contributed by atoms with Gasteiger partial charge in [-0.25, -0.2) is 0 Å². The van der Waals surface area contributed by atoms with E-state index in [9.17, 15) is 0 Å². The van der Waals surface area contributed by atoms with Crippen molar-refractivity contribution in [1.29, 1.82) is 0 Å². The SMILES string of the molecule is CN[Si]1(OC)CCCC1. The zero-order valence-electron chi connectivity index (χ0n) is 6.24. The second kappa shape index (κ2) is 2.81. The first-order chi connectivity index (χ1) is 4.33. The van der Waals surface area contributed by atoms with Crippen molar-refractivity contribution in [3.63, 3.8) is 0 Å². The van der Waals surface area contributed by atoms with Gasteiger partial charge >= 0.3 is 0 Å². The highest BCUT2D eigenvalue weighted by atomic mass is 28.4. The standard InChI is InChI=1S/C6H15NOSi/c1-7-9(8-2)5-3-4-6-9/h7H,3-6H2,1-2H3. The third kappa shape index (κ3) is 1.34. The molecule has 0 aliphatic carbocycles. The lowest BCUT2D eigenvalue weighted by Crippen LogP contribution is -2.47. The van der Waals surface area contributed by atoms with E-state index in [2.05, 4.69) is 4.98 Å². The van der Waals surface area contributed by atoms with Crippen LogP contribution in [0, 0.1) is 0 Å². The van der Waals surface area contributed by atoms with Crippen molar-refractivity contribution in [3.05, 3.63) is 0 Å². The van der Waals surface area contributed by atoms with Crippen molar-refractivity contribution >= 4 is 8.48 Å². The molecule has 1 aliphatic heterocycles. The Morgan fingerprint density at radius 1 is 1.33 bits per heavy atom. The molecule has 0 aromatic carbocycles. The van der Waals surface area contributed by atoms with E-state index in [1.165, 1.54) is 24.9 Å². The maximum absolute atomic E-state index is 5.48.